The van der Waals surface area contributed by atoms with Gasteiger partial charge in [-0.25, -0.2) is 24.9 Å². The van der Waals surface area contributed by atoms with Crippen LogP contribution in [0.5, 0.6) is 0 Å². The van der Waals surface area contributed by atoms with Crippen LogP contribution in [-0.4, -0.2) is 38.6 Å². The highest BCUT2D eigenvalue weighted by Crippen LogP contribution is 2.46. The minimum atomic E-state index is -2.24. The summed E-state index contributed by atoms with van der Waals surface area (Å²) in [6.07, 6.45) is 9.04. The standard InChI is InChI=1S/C21H14N3S.2C16H12N3S.C15H9N2OS.C15H9N2S2/c1-2-8-15(9-3-1)24-19-17(11-6-12-22-19)18-21(24)25-20-16-10-5-4-7-14(16)13-23(18)20;2*1-18-14-12(7-4-8-17-14)13-16(18)20-15-11-6-3-2-5-10(11)9-19(13)15;2*1-2-5-10-9(4-1)8-17-12-11-6-3-7-16-13(11)18-15(12)19-14(10)17/h1-12H,13H2;2*2-8H,9H2,1H3;2*1-7H,8H2/q5*+1/i;1D3;;;. The van der Waals surface area contributed by atoms with Gasteiger partial charge in [0.15, 0.2) is 56.9 Å². The van der Waals surface area contributed by atoms with Gasteiger partial charge in [-0.15, -0.1) is 0 Å². The number of thiazole rings is 5. The summed E-state index contributed by atoms with van der Waals surface area (Å²) in [7, 11) is 2.11. The fraction of sp³-hybridized carbons (Fsp3) is 0.0843. The molecule has 21 aromatic rings. The normalized spacial score (nSPS) is 13.5. The number of rotatable bonds is 1. The first-order valence-corrected chi connectivity index (χ1v) is 38.8. The first kappa shape index (κ1) is 56.3. The van der Waals surface area contributed by atoms with E-state index in [0.29, 0.717) is 5.65 Å². The molecular weight excluding hydrogens is 1390 g/mol. The Morgan fingerprint density at radius 2 is 0.728 bits per heavy atom. The van der Waals surface area contributed by atoms with Gasteiger partial charge in [-0.2, -0.15) is 22.8 Å². The van der Waals surface area contributed by atoms with Crippen LogP contribution in [0, 0.1) is 0 Å². The summed E-state index contributed by atoms with van der Waals surface area (Å²) in [5.74, 6) is 0. The SMILES string of the molecule is Cn1c2ncccc2c2c1sc1[n+]2Cc2ccccc2-1.[2H]C([2H])([2H])n1c2ncccc2c2c1sc1[n+]2Cc2ccccc2-1.c1ccc(-n2c3ncccc3c3c2sc2[n+]3Cc3ccccc3-2)cc1.c1ccc2c(c1)C[n+]1c-2sc2oc3ncccc3c21.c1ccc2c(c1)C[n+]1c-2sc2sc3ncccc3c21. The van der Waals surface area contributed by atoms with E-state index in [2.05, 4.69) is 223 Å². The van der Waals surface area contributed by atoms with Crippen LogP contribution in [-0.2, 0) is 46.7 Å². The highest BCUT2D eigenvalue weighted by atomic mass is 32.2. The molecule has 14 nitrogen and oxygen atoms in total. The summed E-state index contributed by atoms with van der Waals surface area (Å²) >= 11 is 10.7. The van der Waals surface area contributed by atoms with Gasteiger partial charge >= 0.3 is 0 Å². The van der Waals surface area contributed by atoms with Crippen molar-refractivity contribution in [1.29, 1.82) is 0 Å². The van der Waals surface area contributed by atoms with E-state index in [0.717, 1.165) is 91.3 Å². The molecule has 0 aliphatic carbocycles. The van der Waals surface area contributed by atoms with Gasteiger partial charge in [-0.1, -0.05) is 132 Å². The van der Waals surface area contributed by atoms with Crippen molar-refractivity contribution in [3.05, 3.63) is 271 Å². The summed E-state index contributed by atoms with van der Waals surface area (Å²) in [4.78, 5) is 27.8. The lowest BCUT2D eigenvalue weighted by molar-refractivity contribution is -0.641. The Bertz CT molecular complexity index is 7090. The Kier molecular flexibility index (Phi) is 12.6. The van der Waals surface area contributed by atoms with E-state index in [9.17, 15) is 0 Å². The summed E-state index contributed by atoms with van der Waals surface area (Å²) in [6.45, 7) is 2.36. The van der Waals surface area contributed by atoms with Crippen LogP contribution < -0.4 is 22.8 Å². The van der Waals surface area contributed by atoms with E-state index in [4.69, 9.17) is 13.5 Å². The highest BCUT2D eigenvalue weighted by Gasteiger charge is 2.40. The van der Waals surface area contributed by atoms with Crippen LogP contribution in [0.3, 0.4) is 0 Å². The van der Waals surface area contributed by atoms with Gasteiger partial charge < -0.3 is 13.6 Å². The number of hydrogen-bond acceptors (Lipinski definition) is 12. The molecule has 5 aliphatic rings. The molecule has 26 rings (SSSR count). The smallest absolute Gasteiger partial charge is 0.273 e. The third-order valence-electron chi connectivity index (χ3n) is 20.4. The number of fused-ring (bicyclic) bond motifs is 35. The van der Waals surface area contributed by atoms with E-state index in [-0.39, 0.29) is 0 Å². The molecule has 0 N–H and O–H groups in total. The van der Waals surface area contributed by atoms with Crippen LogP contribution in [0.2, 0.25) is 0 Å². The Morgan fingerprint density at radius 3 is 1.26 bits per heavy atom. The lowest BCUT2D eigenvalue weighted by atomic mass is 10.1. The molecule has 0 fully saturated rings. The number of pyridine rings is 5. The van der Waals surface area contributed by atoms with E-state index in [1.165, 1.54) is 143 Å². The number of aromatic nitrogens is 13. The molecular formula is C83H56N13OS6+5. The van der Waals surface area contributed by atoms with Gasteiger partial charge in [0.25, 0.3) is 52.0 Å². The van der Waals surface area contributed by atoms with Crippen molar-refractivity contribution in [2.75, 3.05) is 0 Å². The minimum Gasteiger partial charge on any atom is -0.420 e. The predicted molar refractivity (Wildman–Crippen MR) is 417 cm³/mol. The molecule has 0 unspecified atom stereocenters. The molecule has 0 atom stereocenters. The molecule has 15 aromatic heterocycles. The fourth-order valence-electron chi connectivity index (χ4n) is 15.9. The van der Waals surface area contributed by atoms with E-state index in [1.54, 1.807) is 23.7 Å². The molecule has 20 heterocycles. The van der Waals surface area contributed by atoms with Crippen LogP contribution in [0.25, 0.3) is 164 Å². The molecule has 0 amide bonds. The zero-order chi connectivity index (χ0) is 70.2. The first-order chi connectivity index (χ1) is 52.1. The highest BCUT2D eigenvalue weighted by molar-refractivity contribution is 7.42. The van der Waals surface area contributed by atoms with E-state index >= 15 is 0 Å². The van der Waals surface area contributed by atoms with Gasteiger partial charge in [0.05, 0.1) is 49.4 Å². The number of aryl methyl sites for hydroxylation is 2. The molecule has 6 aromatic carbocycles. The van der Waals surface area contributed by atoms with Crippen LogP contribution in [0.4, 0.5) is 0 Å². The monoisotopic (exact) mass is 1450 g/mol. The number of para-hydroxylation sites is 1. The largest absolute Gasteiger partial charge is 0.420 e. The molecule has 0 bridgehead atoms. The lowest BCUT2D eigenvalue weighted by Gasteiger charge is -2.03. The van der Waals surface area contributed by atoms with Gasteiger partial charge in [-0.3, -0.25) is 4.57 Å². The molecule has 0 saturated carbocycles. The predicted octanol–water partition coefficient (Wildman–Crippen LogP) is 18.0. The average molecular weight is 1450 g/mol. The van der Waals surface area contributed by atoms with Gasteiger partial charge in [0.1, 0.15) is 21.5 Å². The topological polar surface area (TPSA) is 112 Å². The second-order valence-electron chi connectivity index (χ2n) is 26.1. The zero-order valence-corrected chi connectivity index (χ0v) is 59.7. The Balaban J connectivity index is 0.0000000830. The van der Waals surface area contributed by atoms with Crippen LogP contribution in [0.15, 0.2) is 248 Å². The minimum absolute atomic E-state index is 0.528. The van der Waals surface area contributed by atoms with Crippen molar-refractivity contribution in [1.82, 2.24) is 38.6 Å². The van der Waals surface area contributed by atoms with E-state index in [1.807, 2.05) is 112 Å². The van der Waals surface area contributed by atoms with Crippen molar-refractivity contribution in [3.8, 4) is 58.5 Å². The van der Waals surface area contributed by atoms with Crippen molar-refractivity contribution in [2.45, 2.75) is 32.7 Å². The molecule has 490 valence electrons. The Morgan fingerprint density at radius 1 is 0.340 bits per heavy atom. The fourth-order valence-corrected chi connectivity index (χ4v) is 23.6. The summed E-state index contributed by atoms with van der Waals surface area (Å²) in [5, 5.41) is 12.3. The van der Waals surface area contributed by atoms with Crippen molar-refractivity contribution in [3.63, 3.8) is 0 Å². The van der Waals surface area contributed by atoms with Crippen molar-refractivity contribution in [2.24, 2.45) is 14.0 Å². The molecule has 0 saturated heterocycles. The maximum Gasteiger partial charge on any atom is 0.273 e. The third kappa shape index (κ3) is 8.91. The number of benzene rings is 6. The van der Waals surface area contributed by atoms with Crippen LogP contribution in [0.1, 0.15) is 31.9 Å². The average Bonchev–Trinajstić information content (AvgIpc) is 1.59. The van der Waals surface area contributed by atoms with Gasteiger partial charge in [0, 0.05) is 82.6 Å². The van der Waals surface area contributed by atoms with Crippen LogP contribution >= 0.6 is 68.0 Å². The number of nitrogens with zero attached hydrogens (tertiary/aromatic N) is 13. The number of thiophene rings is 1. The second-order valence-corrected chi connectivity index (χ2v) is 32.2. The van der Waals surface area contributed by atoms with Crippen molar-refractivity contribution < 1.29 is 31.4 Å². The Hall–Kier alpha value is -11.4. The molecule has 0 spiro atoms. The molecule has 103 heavy (non-hydrogen) atoms. The summed E-state index contributed by atoms with van der Waals surface area (Å²) in [6, 6.07) is 74.0. The second kappa shape index (κ2) is 23.1. The number of furan rings is 1. The summed E-state index contributed by atoms with van der Waals surface area (Å²) < 4.78 is 48.8. The number of hydrogen-bond donors (Lipinski definition) is 0. The first-order valence-electron chi connectivity index (χ1n) is 35.4. The zero-order valence-electron chi connectivity index (χ0n) is 57.8. The third-order valence-corrected chi connectivity index (χ3v) is 27.6. The lowest BCUT2D eigenvalue weighted by Crippen LogP contribution is -2.30. The maximum atomic E-state index is 7.91. The van der Waals surface area contributed by atoms with Crippen molar-refractivity contribution >= 4 is 173 Å². The Labute approximate surface area is 615 Å². The quantitative estimate of drug-likeness (QED) is 0.151. The van der Waals surface area contributed by atoms with E-state index < -0.39 is 6.98 Å². The van der Waals surface area contributed by atoms with Gasteiger partial charge in [-0.05, 0) is 148 Å². The summed E-state index contributed by atoms with van der Waals surface area (Å²) in [5.41, 5.74) is 24.2. The maximum absolute atomic E-state index is 7.91. The molecule has 5 aliphatic heterocycles. The molecule has 20 heteroatoms. The van der Waals surface area contributed by atoms with Gasteiger partial charge in [0.2, 0.25) is 11.2 Å². The molecule has 0 radical (unpaired) electrons.